The molecule has 7 rings (SSSR count). The maximum atomic E-state index is 2.64. The van der Waals surface area contributed by atoms with Gasteiger partial charge in [0.2, 0.25) is 0 Å². The van der Waals surface area contributed by atoms with E-state index in [9.17, 15) is 0 Å². The minimum atomic E-state index is 0.335. The van der Waals surface area contributed by atoms with E-state index in [2.05, 4.69) is 125 Å². The topological polar surface area (TPSA) is 6.48 Å². The zero-order valence-corrected chi connectivity index (χ0v) is 20.6. The number of benzene rings is 3. The second-order valence-electron chi connectivity index (χ2n) is 10.3. The van der Waals surface area contributed by atoms with Gasteiger partial charge in [0.15, 0.2) is 0 Å². The van der Waals surface area contributed by atoms with Crippen LogP contribution in [0, 0.1) is 0 Å². The number of fused-ring (bicyclic) bond motifs is 5. The molecule has 3 atom stereocenters. The number of para-hydroxylation sites is 2. The summed E-state index contributed by atoms with van der Waals surface area (Å²) >= 11 is 0. The van der Waals surface area contributed by atoms with Crippen LogP contribution in [0.2, 0.25) is 0 Å². The van der Waals surface area contributed by atoms with Crippen LogP contribution in [0.4, 0.5) is 17.1 Å². The standard InChI is InChI=1S/C34H32N2/c1-4-13-25(14-5-1)35(26-15-6-2-7-16-26)31-22-12-20-29-28(31)23-24-33-34(29)30-19-10-11-21-32(30)36(33)27-17-8-3-9-18-27/h1-11,13-17,21,23-24,27,30-31H,12,18-20,22H2. The quantitative estimate of drug-likeness (QED) is 0.378. The molecule has 0 N–H and O–H groups in total. The van der Waals surface area contributed by atoms with Crippen molar-refractivity contribution in [1.29, 1.82) is 0 Å². The summed E-state index contributed by atoms with van der Waals surface area (Å²) in [5.41, 5.74) is 10.2. The second-order valence-corrected chi connectivity index (χ2v) is 10.3. The third-order valence-electron chi connectivity index (χ3n) is 8.32. The van der Waals surface area contributed by atoms with Crippen LogP contribution in [0.1, 0.15) is 54.3 Å². The lowest BCUT2D eigenvalue weighted by Crippen LogP contribution is -2.32. The highest BCUT2D eigenvalue weighted by Crippen LogP contribution is 2.54. The molecule has 2 heteroatoms. The Morgan fingerprint density at radius 2 is 1.50 bits per heavy atom. The lowest BCUT2D eigenvalue weighted by Gasteiger charge is -2.39. The molecule has 0 saturated carbocycles. The summed E-state index contributed by atoms with van der Waals surface area (Å²) in [7, 11) is 0. The number of hydrogen-bond donors (Lipinski definition) is 0. The molecule has 3 aromatic carbocycles. The van der Waals surface area contributed by atoms with Crippen molar-refractivity contribution in [3.05, 3.63) is 138 Å². The Balaban J connectivity index is 1.37. The van der Waals surface area contributed by atoms with E-state index in [0.717, 1.165) is 12.8 Å². The van der Waals surface area contributed by atoms with Gasteiger partial charge < -0.3 is 9.80 Å². The SMILES string of the molecule is C1=CCC2C(=C1)N(C1C=CC=CC1)c1ccc3c(c12)CCCC3N(c1ccccc1)c1ccccc1. The van der Waals surface area contributed by atoms with Crippen LogP contribution in [0.3, 0.4) is 0 Å². The van der Waals surface area contributed by atoms with Crippen molar-refractivity contribution in [3.63, 3.8) is 0 Å². The van der Waals surface area contributed by atoms with Crippen molar-refractivity contribution in [2.45, 2.75) is 50.1 Å². The van der Waals surface area contributed by atoms with E-state index < -0.39 is 0 Å². The van der Waals surface area contributed by atoms with Crippen molar-refractivity contribution in [2.24, 2.45) is 0 Å². The Morgan fingerprint density at radius 1 is 0.750 bits per heavy atom. The Hall–Kier alpha value is -3.78. The highest BCUT2D eigenvalue weighted by Gasteiger charge is 2.41. The first kappa shape index (κ1) is 21.5. The Bertz CT molecular complexity index is 1340. The fourth-order valence-corrected chi connectivity index (χ4v) is 6.84. The van der Waals surface area contributed by atoms with E-state index in [1.165, 1.54) is 47.6 Å². The molecule has 0 radical (unpaired) electrons. The number of hydrogen-bond acceptors (Lipinski definition) is 2. The van der Waals surface area contributed by atoms with Crippen LogP contribution in [0.5, 0.6) is 0 Å². The van der Waals surface area contributed by atoms with Gasteiger partial charge in [-0.05, 0) is 85.2 Å². The van der Waals surface area contributed by atoms with E-state index in [-0.39, 0.29) is 0 Å². The van der Waals surface area contributed by atoms with E-state index in [1.807, 2.05) is 0 Å². The molecule has 0 bridgehead atoms. The summed E-state index contributed by atoms with van der Waals surface area (Å²) < 4.78 is 0. The third-order valence-corrected chi connectivity index (χ3v) is 8.32. The van der Waals surface area contributed by atoms with Gasteiger partial charge in [0, 0.05) is 28.7 Å². The highest BCUT2D eigenvalue weighted by molar-refractivity contribution is 5.75. The van der Waals surface area contributed by atoms with Gasteiger partial charge in [-0.2, -0.15) is 0 Å². The Labute approximate surface area is 214 Å². The minimum Gasteiger partial charge on any atom is -0.337 e. The lowest BCUT2D eigenvalue weighted by atomic mass is 9.79. The Morgan fingerprint density at radius 3 is 2.22 bits per heavy atom. The molecule has 3 aromatic rings. The van der Waals surface area contributed by atoms with Gasteiger partial charge in [-0.3, -0.25) is 0 Å². The van der Waals surface area contributed by atoms with Crippen LogP contribution < -0.4 is 9.80 Å². The molecule has 0 spiro atoms. The van der Waals surface area contributed by atoms with Crippen molar-refractivity contribution in [1.82, 2.24) is 0 Å². The van der Waals surface area contributed by atoms with E-state index in [1.54, 1.807) is 11.1 Å². The summed E-state index contributed by atoms with van der Waals surface area (Å²) in [6, 6.07) is 27.5. The van der Waals surface area contributed by atoms with Crippen LogP contribution in [-0.4, -0.2) is 6.04 Å². The van der Waals surface area contributed by atoms with Gasteiger partial charge in [-0.1, -0.05) is 78.9 Å². The van der Waals surface area contributed by atoms with E-state index >= 15 is 0 Å². The molecular weight excluding hydrogens is 436 g/mol. The molecule has 0 fully saturated rings. The zero-order valence-electron chi connectivity index (χ0n) is 20.6. The molecule has 178 valence electrons. The maximum Gasteiger partial charge on any atom is 0.0594 e. The molecule has 0 aromatic heterocycles. The summed E-state index contributed by atoms with van der Waals surface area (Å²) in [5.74, 6) is 0.472. The average Bonchev–Trinajstić information content (AvgIpc) is 3.30. The van der Waals surface area contributed by atoms with Crippen molar-refractivity contribution >= 4 is 17.1 Å². The number of nitrogens with zero attached hydrogens (tertiary/aromatic N) is 2. The fourth-order valence-electron chi connectivity index (χ4n) is 6.84. The van der Waals surface area contributed by atoms with Gasteiger partial charge >= 0.3 is 0 Å². The predicted molar refractivity (Wildman–Crippen MR) is 151 cm³/mol. The van der Waals surface area contributed by atoms with Gasteiger partial charge in [-0.15, -0.1) is 0 Å². The number of anilines is 3. The molecule has 0 amide bonds. The van der Waals surface area contributed by atoms with Gasteiger partial charge in [0.05, 0.1) is 12.1 Å². The molecule has 1 aliphatic heterocycles. The van der Waals surface area contributed by atoms with Crippen molar-refractivity contribution < 1.29 is 0 Å². The van der Waals surface area contributed by atoms with Crippen LogP contribution in [-0.2, 0) is 6.42 Å². The van der Waals surface area contributed by atoms with Crippen molar-refractivity contribution in [2.75, 3.05) is 9.80 Å². The molecular formula is C34H32N2. The van der Waals surface area contributed by atoms with Gasteiger partial charge in [-0.25, -0.2) is 0 Å². The van der Waals surface area contributed by atoms with Gasteiger partial charge in [0.25, 0.3) is 0 Å². The molecule has 0 saturated heterocycles. The Kier molecular flexibility index (Phi) is 5.39. The predicted octanol–water partition coefficient (Wildman–Crippen LogP) is 8.53. The first-order valence-corrected chi connectivity index (χ1v) is 13.4. The average molecular weight is 469 g/mol. The molecule has 1 heterocycles. The normalized spacial score (nSPS) is 23.6. The molecule has 3 aliphatic carbocycles. The van der Waals surface area contributed by atoms with Crippen molar-refractivity contribution in [3.8, 4) is 0 Å². The van der Waals surface area contributed by atoms with Crippen LogP contribution in [0.25, 0.3) is 0 Å². The number of rotatable bonds is 4. The largest absolute Gasteiger partial charge is 0.337 e. The minimum absolute atomic E-state index is 0.335. The van der Waals surface area contributed by atoms with Gasteiger partial charge in [0.1, 0.15) is 0 Å². The molecule has 4 aliphatic rings. The second kappa shape index (κ2) is 9.02. The molecule has 3 unspecified atom stereocenters. The smallest absolute Gasteiger partial charge is 0.0594 e. The highest BCUT2D eigenvalue weighted by atomic mass is 15.2. The lowest BCUT2D eigenvalue weighted by molar-refractivity contribution is 0.554. The fraction of sp³-hybridized carbons (Fsp3) is 0.235. The zero-order chi connectivity index (χ0) is 23.9. The maximum absolute atomic E-state index is 2.64. The van der Waals surface area contributed by atoms with Crippen LogP contribution in [0.15, 0.2) is 121 Å². The third kappa shape index (κ3) is 3.47. The molecule has 2 nitrogen and oxygen atoms in total. The summed E-state index contributed by atoms with van der Waals surface area (Å²) in [4.78, 5) is 5.21. The monoisotopic (exact) mass is 468 g/mol. The molecule has 36 heavy (non-hydrogen) atoms. The van der Waals surface area contributed by atoms with E-state index in [0.29, 0.717) is 18.0 Å². The number of allylic oxidation sites excluding steroid dienone is 6. The summed E-state index contributed by atoms with van der Waals surface area (Å²) in [6.07, 6.45) is 21.8. The summed E-state index contributed by atoms with van der Waals surface area (Å²) in [6.45, 7) is 0. The van der Waals surface area contributed by atoms with E-state index in [4.69, 9.17) is 0 Å². The first-order chi connectivity index (χ1) is 17.9. The summed E-state index contributed by atoms with van der Waals surface area (Å²) in [5, 5.41) is 0. The van der Waals surface area contributed by atoms with Crippen LogP contribution >= 0.6 is 0 Å². The first-order valence-electron chi connectivity index (χ1n) is 13.4.